The van der Waals surface area contributed by atoms with Crippen LogP contribution in [0.5, 0.6) is 0 Å². The molecule has 0 rings (SSSR count). The van der Waals surface area contributed by atoms with Gasteiger partial charge in [-0.05, 0) is 44.9 Å². The first-order valence-corrected chi connectivity index (χ1v) is 35.2. The predicted octanol–water partition coefficient (Wildman–Crippen LogP) is 24.0. The fourth-order valence-electron chi connectivity index (χ4n) is 11.0. The van der Waals surface area contributed by atoms with Gasteiger partial charge in [0.15, 0.2) is 6.10 Å². The Balaban J connectivity index is 3.95. The van der Waals surface area contributed by atoms with Gasteiger partial charge in [-0.3, -0.25) is 14.4 Å². The Labute approximate surface area is 481 Å². The van der Waals surface area contributed by atoms with Crippen molar-refractivity contribution in [2.45, 2.75) is 412 Å². The van der Waals surface area contributed by atoms with E-state index in [2.05, 4.69) is 32.9 Å². The second kappa shape index (κ2) is 66.7. The minimum absolute atomic E-state index is 0.0621. The minimum atomic E-state index is -0.762. The molecule has 0 aromatic carbocycles. The van der Waals surface area contributed by atoms with Crippen molar-refractivity contribution >= 4 is 17.9 Å². The van der Waals surface area contributed by atoms with Crippen molar-refractivity contribution < 1.29 is 28.6 Å². The second-order valence-corrected chi connectivity index (χ2v) is 24.2. The quantitative estimate of drug-likeness (QED) is 0.0261. The number of ether oxygens (including phenoxy) is 3. The Hall–Kier alpha value is -1.85. The van der Waals surface area contributed by atoms with Crippen molar-refractivity contribution in [1.82, 2.24) is 0 Å². The summed E-state index contributed by atoms with van der Waals surface area (Å²) in [5.74, 6) is -0.833. The molecule has 0 aromatic rings. The van der Waals surface area contributed by atoms with Crippen LogP contribution < -0.4 is 0 Å². The van der Waals surface area contributed by atoms with Gasteiger partial charge in [-0.2, -0.15) is 0 Å². The molecule has 1 unspecified atom stereocenters. The highest BCUT2D eigenvalue weighted by atomic mass is 16.6. The van der Waals surface area contributed by atoms with E-state index >= 15 is 0 Å². The van der Waals surface area contributed by atoms with Gasteiger partial charge in [0.25, 0.3) is 0 Å². The lowest BCUT2D eigenvalue weighted by Gasteiger charge is -2.18. The molecule has 0 saturated carbocycles. The molecule has 456 valence electrons. The fraction of sp³-hybridized carbons (Fsp3) is 0.930. The SMILES string of the molecule is CCCCCCCCCC/C=C\CCCCCCCCCCCCCCCCCCCCCCCCCC(=O)OCC(COC(=O)CCCCCCCCCCCC)OC(=O)CCCCCCCCCCCCCCCC. The van der Waals surface area contributed by atoms with E-state index in [1.54, 1.807) is 0 Å². The first kappa shape index (κ1) is 75.2. The monoisotopic (exact) mass is 1090 g/mol. The lowest BCUT2D eigenvalue weighted by molar-refractivity contribution is -0.167. The standard InChI is InChI=1S/C71H136O6/c1-4-7-10-13-16-19-22-24-26-27-28-29-30-31-32-33-34-35-36-37-38-39-40-41-42-43-44-45-46-48-49-52-55-58-61-64-70(73)76-67-68(66-75-69(72)63-60-57-54-51-21-18-15-12-9-6-3)77-71(74)65-62-59-56-53-50-47-25-23-20-17-14-11-8-5-2/h27-28,68H,4-26,29-67H2,1-3H3/b28-27-. The zero-order valence-electron chi connectivity index (χ0n) is 52.5. The maximum atomic E-state index is 12.9. The summed E-state index contributed by atoms with van der Waals surface area (Å²) in [7, 11) is 0. The average Bonchev–Trinajstić information content (AvgIpc) is 3.43. The molecule has 0 heterocycles. The molecule has 0 amide bonds. The Morgan fingerprint density at radius 2 is 0.429 bits per heavy atom. The van der Waals surface area contributed by atoms with E-state index in [9.17, 15) is 14.4 Å². The highest BCUT2D eigenvalue weighted by Crippen LogP contribution is 2.19. The number of rotatable bonds is 66. The third-order valence-corrected chi connectivity index (χ3v) is 16.3. The van der Waals surface area contributed by atoms with Crippen LogP contribution in [0.3, 0.4) is 0 Å². The highest BCUT2D eigenvalue weighted by molar-refractivity contribution is 5.71. The fourth-order valence-corrected chi connectivity index (χ4v) is 11.0. The van der Waals surface area contributed by atoms with Crippen LogP contribution in [0.4, 0.5) is 0 Å². The molecular weight excluding hydrogens is 949 g/mol. The molecule has 0 N–H and O–H groups in total. The van der Waals surface area contributed by atoms with Crippen LogP contribution in [-0.4, -0.2) is 37.2 Å². The second-order valence-electron chi connectivity index (χ2n) is 24.2. The number of esters is 3. The van der Waals surface area contributed by atoms with E-state index in [4.69, 9.17) is 14.2 Å². The van der Waals surface area contributed by atoms with Crippen LogP contribution in [0.2, 0.25) is 0 Å². The molecule has 0 bridgehead atoms. The lowest BCUT2D eigenvalue weighted by Crippen LogP contribution is -2.30. The number of carbonyl (C=O) groups excluding carboxylic acids is 3. The third kappa shape index (κ3) is 64.9. The van der Waals surface area contributed by atoms with Crippen LogP contribution in [0.15, 0.2) is 12.2 Å². The van der Waals surface area contributed by atoms with Crippen molar-refractivity contribution in [3.63, 3.8) is 0 Å². The van der Waals surface area contributed by atoms with Gasteiger partial charge in [-0.1, -0.05) is 354 Å². The van der Waals surface area contributed by atoms with Crippen LogP contribution in [0.25, 0.3) is 0 Å². The summed E-state index contributed by atoms with van der Waals surface area (Å²) in [6.07, 6.45) is 79.9. The largest absolute Gasteiger partial charge is 0.462 e. The average molecular weight is 1090 g/mol. The van der Waals surface area contributed by atoms with Gasteiger partial charge < -0.3 is 14.2 Å². The number of carbonyl (C=O) groups is 3. The maximum Gasteiger partial charge on any atom is 0.306 e. The van der Waals surface area contributed by atoms with E-state index in [-0.39, 0.29) is 31.1 Å². The Kier molecular flexibility index (Phi) is 65.1. The molecule has 6 nitrogen and oxygen atoms in total. The first-order chi connectivity index (χ1) is 38.0. The molecular formula is C71H136O6. The van der Waals surface area contributed by atoms with Crippen LogP contribution in [0, 0.1) is 0 Å². The van der Waals surface area contributed by atoms with E-state index in [1.807, 2.05) is 0 Å². The molecule has 0 saturated heterocycles. The molecule has 0 aliphatic rings. The Morgan fingerprint density at radius 1 is 0.247 bits per heavy atom. The molecule has 0 spiro atoms. The molecule has 0 aliphatic heterocycles. The normalized spacial score (nSPS) is 12.0. The Morgan fingerprint density at radius 3 is 0.649 bits per heavy atom. The predicted molar refractivity (Wildman–Crippen MR) is 335 cm³/mol. The molecule has 0 fully saturated rings. The maximum absolute atomic E-state index is 12.9. The smallest absolute Gasteiger partial charge is 0.306 e. The van der Waals surface area contributed by atoms with E-state index < -0.39 is 6.10 Å². The molecule has 0 aromatic heterocycles. The molecule has 77 heavy (non-hydrogen) atoms. The van der Waals surface area contributed by atoms with Crippen LogP contribution >= 0.6 is 0 Å². The van der Waals surface area contributed by atoms with Gasteiger partial charge in [0.1, 0.15) is 13.2 Å². The topological polar surface area (TPSA) is 78.9 Å². The van der Waals surface area contributed by atoms with Crippen molar-refractivity contribution in [2.75, 3.05) is 13.2 Å². The zero-order chi connectivity index (χ0) is 55.7. The summed E-state index contributed by atoms with van der Waals surface area (Å²) in [6.45, 7) is 6.70. The van der Waals surface area contributed by atoms with Gasteiger partial charge in [0.2, 0.25) is 0 Å². The van der Waals surface area contributed by atoms with Gasteiger partial charge in [-0.15, -0.1) is 0 Å². The van der Waals surface area contributed by atoms with Crippen molar-refractivity contribution in [1.29, 1.82) is 0 Å². The highest BCUT2D eigenvalue weighted by Gasteiger charge is 2.19. The summed E-state index contributed by atoms with van der Waals surface area (Å²) in [5, 5.41) is 0. The molecule has 0 radical (unpaired) electrons. The van der Waals surface area contributed by atoms with Crippen LogP contribution in [0.1, 0.15) is 406 Å². The Bertz CT molecular complexity index is 1200. The first-order valence-electron chi connectivity index (χ1n) is 35.2. The summed E-state index contributed by atoms with van der Waals surface area (Å²) in [4.78, 5) is 38.2. The number of unbranched alkanes of at least 4 members (excludes halogenated alkanes) is 53. The number of hydrogen-bond donors (Lipinski definition) is 0. The van der Waals surface area contributed by atoms with Crippen molar-refractivity contribution in [3.05, 3.63) is 12.2 Å². The molecule has 1 atom stereocenters. The number of hydrogen-bond acceptors (Lipinski definition) is 6. The van der Waals surface area contributed by atoms with Crippen LogP contribution in [-0.2, 0) is 28.6 Å². The summed E-state index contributed by atoms with van der Waals surface area (Å²) < 4.78 is 16.9. The summed E-state index contributed by atoms with van der Waals surface area (Å²) in [6, 6.07) is 0. The van der Waals surface area contributed by atoms with E-state index in [0.717, 1.165) is 57.8 Å². The van der Waals surface area contributed by atoms with Gasteiger partial charge in [0, 0.05) is 19.3 Å². The van der Waals surface area contributed by atoms with Gasteiger partial charge in [0.05, 0.1) is 0 Å². The van der Waals surface area contributed by atoms with Gasteiger partial charge in [-0.25, -0.2) is 0 Å². The summed E-state index contributed by atoms with van der Waals surface area (Å²) >= 11 is 0. The third-order valence-electron chi connectivity index (χ3n) is 16.3. The summed E-state index contributed by atoms with van der Waals surface area (Å²) in [5.41, 5.74) is 0. The van der Waals surface area contributed by atoms with E-state index in [1.165, 1.54) is 308 Å². The molecule has 0 aliphatic carbocycles. The van der Waals surface area contributed by atoms with Crippen molar-refractivity contribution in [3.8, 4) is 0 Å². The number of allylic oxidation sites excluding steroid dienone is 2. The zero-order valence-corrected chi connectivity index (χ0v) is 52.5. The van der Waals surface area contributed by atoms with Gasteiger partial charge >= 0.3 is 17.9 Å². The minimum Gasteiger partial charge on any atom is -0.462 e. The van der Waals surface area contributed by atoms with E-state index in [0.29, 0.717) is 19.3 Å². The van der Waals surface area contributed by atoms with Crippen molar-refractivity contribution in [2.24, 2.45) is 0 Å². The molecule has 6 heteroatoms. The lowest BCUT2D eigenvalue weighted by atomic mass is 10.0.